The number of rotatable bonds is 3. The lowest BCUT2D eigenvalue weighted by molar-refractivity contribution is 0.160. The Morgan fingerprint density at radius 2 is 2.15 bits per heavy atom. The standard InChI is InChI=1S/C9H12INO2/c1-2-6-3-7(5-11-13)9(12)8(10)4-6/h3-4,11-13H,2,5H2,1H3. The summed E-state index contributed by atoms with van der Waals surface area (Å²) in [6, 6.07) is 3.83. The Labute approximate surface area is 90.9 Å². The van der Waals surface area contributed by atoms with Crippen LogP contribution in [-0.2, 0) is 13.0 Å². The fraction of sp³-hybridized carbons (Fsp3) is 0.333. The van der Waals surface area contributed by atoms with Gasteiger partial charge in [-0.15, -0.1) is 0 Å². The molecule has 72 valence electrons. The van der Waals surface area contributed by atoms with Gasteiger partial charge in [-0.2, -0.15) is 0 Å². The fourth-order valence-electron chi connectivity index (χ4n) is 1.14. The van der Waals surface area contributed by atoms with E-state index < -0.39 is 0 Å². The molecule has 0 amide bonds. The third-order valence-corrected chi connectivity index (χ3v) is 2.70. The lowest BCUT2D eigenvalue weighted by atomic mass is 10.1. The lowest BCUT2D eigenvalue weighted by Gasteiger charge is -2.07. The molecule has 0 bridgehead atoms. The molecule has 0 spiro atoms. The van der Waals surface area contributed by atoms with Crippen LogP contribution in [0.2, 0.25) is 0 Å². The molecule has 0 radical (unpaired) electrons. The minimum atomic E-state index is 0.249. The van der Waals surface area contributed by atoms with Gasteiger partial charge in [-0.3, -0.25) is 0 Å². The maximum Gasteiger partial charge on any atom is 0.133 e. The van der Waals surface area contributed by atoms with Crippen molar-refractivity contribution in [3.8, 4) is 5.75 Å². The van der Waals surface area contributed by atoms with Crippen LogP contribution in [-0.4, -0.2) is 10.3 Å². The molecule has 3 nitrogen and oxygen atoms in total. The maximum absolute atomic E-state index is 9.59. The van der Waals surface area contributed by atoms with Crippen molar-refractivity contribution in [3.05, 3.63) is 26.8 Å². The highest BCUT2D eigenvalue weighted by molar-refractivity contribution is 14.1. The number of halogens is 1. The van der Waals surface area contributed by atoms with Crippen molar-refractivity contribution in [2.75, 3.05) is 0 Å². The van der Waals surface area contributed by atoms with Crippen LogP contribution in [0, 0.1) is 3.57 Å². The first kappa shape index (κ1) is 10.7. The largest absolute Gasteiger partial charge is 0.507 e. The highest BCUT2D eigenvalue weighted by atomic mass is 127. The minimum absolute atomic E-state index is 0.249. The molecule has 3 N–H and O–H groups in total. The normalized spacial score (nSPS) is 10.4. The molecule has 0 aliphatic rings. The SMILES string of the molecule is CCc1cc(I)c(O)c(CNO)c1. The molecule has 0 aromatic heterocycles. The topological polar surface area (TPSA) is 52.5 Å². The van der Waals surface area contributed by atoms with Crippen molar-refractivity contribution in [1.82, 2.24) is 5.48 Å². The monoisotopic (exact) mass is 293 g/mol. The molecule has 0 fully saturated rings. The van der Waals surface area contributed by atoms with Gasteiger partial charge in [0.2, 0.25) is 0 Å². The molecule has 0 unspecified atom stereocenters. The summed E-state index contributed by atoms with van der Waals surface area (Å²) in [4.78, 5) is 0. The van der Waals surface area contributed by atoms with Crippen LogP contribution in [0.4, 0.5) is 0 Å². The molecule has 13 heavy (non-hydrogen) atoms. The van der Waals surface area contributed by atoms with E-state index in [2.05, 4.69) is 29.5 Å². The fourth-order valence-corrected chi connectivity index (χ4v) is 1.89. The third-order valence-electron chi connectivity index (χ3n) is 1.88. The highest BCUT2D eigenvalue weighted by Gasteiger charge is 2.06. The summed E-state index contributed by atoms with van der Waals surface area (Å²) >= 11 is 2.08. The van der Waals surface area contributed by atoms with Crippen molar-refractivity contribution in [3.63, 3.8) is 0 Å². The molecule has 1 aromatic carbocycles. The molecule has 4 heteroatoms. The molecule has 0 aliphatic heterocycles. The molecule has 0 atom stereocenters. The molecule has 0 saturated carbocycles. The zero-order valence-corrected chi connectivity index (χ0v) is 9.50. The van der Waals surface area contributed by atoms with E-state index in [1.165, 1.54) is 0 Å². The average Bonchev–Trinajstić information content (AvgIpc) is 2.13. The quantitative estimate of drug-likeness (QED) is 0.590. The zero-order valence-electron chi connectivity index (χ0n) is 7.34. The van der Waals surface area contributed by atoms with Crippen molar-refractivity contribution >= 4 is 22.6 Å². The number of benzene rings is 1. The maximum atomic E-state index is 9.59. The predicted octanol–water partition coefficient (Wildman–Crippen LogP) is 2.04. The van der Waals surface area contributed by atoms with Gasteiger partial charge in [0.1, 0.15) is 5.75 Å². The van der Waals surface area contributed by atoms with E-state index in [0.29, 0.717) is 0 Å². The van der Waals surface area contributed by atoms with Gasteiger partial charge in [0.05, 0.1) is 3.57 Å². The van der Waals surface area contributed by atoms with E-state index in [4.69, 9.17) is 5.21 Å². The van der Waals surface area contributed by atoms with Gasteiger partial charge in [-0.25, -0.2) is 5.48 Å². The number of aryl methyl sites for hydroxylation is 1. The number of aromatic hydroxyl groups is 1. The highest BCUT2D eigenvalue weighted by Crippen LogP contribution is 2.26. The second kappa shape index (κ2) is 4.78. The number of hydroxylamine groups is 1. The number of hydrogen-bond acceptors (Lipinski definition) is 3. The smallest absolute Gasteiger partial charge is 0.133 e. The van der Waals surface area contributed by atoms with Crippen molar-refractivity contribution in [1.29, 1.82) is 0 Å². The Hall–Kier alpha value is -0.330. The van der Waals surface area contributed by atoms with Crippen molar-refractivity contribution < 1.29 is 10.3 Å². The van der Waals surface area contributed by atoms with Gasteiger partial charge in [0.15, 0.2) is 0 Å². The first-order valence-corrected chi connectivity index (χ1v) is 5.14. The van der Waals surface area contributed by atoms with Crippen LogP contribution < -0.4 is 5.48 Å². The summed E-state index contributed by atoms with van der Waals surface area (Å²) in [5.74, 6) is 0.249. The van der Waals surface area contributed by atoms with Gasteiger partial charge < -0.3 is 10.3 Å². The molecule has 0 saturated heterocycles. The van der Waals surface area contributed by atoms with Crippen LogP contribution in [0.3, 0.4) is 0 Å². The van der Waals surface area contributed by atoms with Gasteiger partial charge in [-0.1, -0.05) is 13.0 Å². The van der Waals surface area contributed by atoms with E-state index in [-0.39, 0.29) is 12.3 Å². The Kier molecular flexibility index (Phi) is 3.95. The molecular weight excluding hydrogens is 281 g/mol. The summed E-state index contributed by atoms with van der Waals surface area (Å²) in [5.41, 5.74) is 3.93. The van der Waals surface area contributed by atoms with Crippen LogP contribution in [0.15, 0.2) is 12.1 Å². The predicted molar refractivity (Wildman–Crippen MR) is 58.8 cm³/mol. The minimum Gasteiger partial charge on any atom is -0.507 e. The van der Waals surface area contributed by atoms with Gasteiger partial charge >= 0.3 is 0 Å². The Morgan fingerprint density at radius 3 is 2.69 bits per heavy atom. The van der Waals surface area contributed by atoms with Crippen LogP contribution in [0.5, 0.6) is 5.75 Å². The summed E-state index contributed by atoms with van der Waals surface area (Å²) in [6.45, 7) is 2.33. The molecule has 1 aromatic rings. The molecule has 1 rings (SSSR count). The zero-order chi connectivity index (χ0) is 9.84. The number of phenols is 1. The van der Waals surface area contributed by atoms with E-state index >= 15 is 0 Å². The van der Waals surface area contributed by atoms with E-state index in [0.717, 1.165) is 21.1 Å². The molecular formula is C9H12INO2. The van der Waals surface area contributed by atoms with E-state index in [1.54, 1.807) is 0 Å². The Morgan fingerprint density at radius 1 is 1.46 bits per heavy atom. The van der Waals surface area contributed by atoms with E-state index in [9.17, 15) is 5.11 Å². The number of phenolic OH excluding ortho intramolecular Hbond substituents is 1. The molecule has 0 heterocycles. The first-order chi connectivity index (χ1) is 6.19. The summed E-state index contributed by atoms with van der Waals surface area (Å²) in [6.07, 6.45) is 0.925. The summed E-state index contributed by atoms with van der Waals surface area (Å²) in [7, 11) is 0. The van der Waals surface area contributed by atoms with Crippen LogP contribution in [0.1, 0.15) is 18.1 Å². The number of nitrogens with one attached hydrogen (secondary N) is 1. The average molecular weight is 293 g/mol. The Balaban J connectivity index is 3.09. The first-order valence-electron chi connectivity index (χ1n) is 4.06. The second-order valence-electron chi connectivity index (χ2n) is 2.77. The summed E-state index contributed by atoms with van der Waals surface area (Å²) in [5, 5.41) is 18.1. The second-order valence-corrected chi connectivity index (χ2v) is 3.94. The van der Waals surface area contributed by atoms with Gasteiger partial charge in [0, 0.05) is 12.1 Å². The van der Waals surface area contributed by atoms with Crippen LogP contribution >= 0.6 is 22.6 Å². The lowest BCUT2D eigenvalue weighted by Crippen LogP contribution is -2.07. The van der Waals surface area contributed by atoms with Crippen molar-refractivity contribution in [2.45, 2.75) is 19.9 Å². The van der Waals surface area contributed by atoms with Crippen molar-refractivity contribution in [2.24, 2.45) is 0 Å². The Bertz CT molecular complexity index is 302. The number of hydrogen-bond donors (Lipinski definition) is 3. The van der Waals surface area contributed by atoms with E-state index in [1.807, 2.05) is 17.6 Å². The summed E-state index contributed by atoms with van der Waals surface area (Å²) < 4.78 is 0.821. The van der Waals surface area contributed by atoms with Gasteiger partial charge in [-0.05, 0) is 40.6 Å². The van der Waals surface area contributed by atoms with Crippen LogP contribution in [0.25, 0.3) is 0 Å². The van der Waals surface area contributed by atoms with Gasteiger partial charge in [0.25, 0.3) is 0 Å². The molecule has 0 aliphatic carbocycles. The third kappa shape index (κ3) is 2.55.